The van der Waals surface area contributed by atoms with Crippen LogP contribution in [0.3, 0.4) is 0 Å². The molecule has 0 aliphatic rings. The van der Waals surface area contributed by atoms with Gasteiger partial charge in [-0.15, -0.1) is 5.10 Å². The number of aryl methyl sites for hydroxylation is 1. The molecule has 2 N–H and O–H groups in total. The van der Waals surface area contributed by atoms with Gasteiger partial charge in [0.15, 0.2) is 11.5 Å². The number of nitrogens with zero attached hydrogens (tertiary/aromatic N) is 6. The zero-order chi connectivity index (χ0) is 21.2. The minimum absolute atomic E-state index is 0.385. The number of aromatic amines is 2. The SMILES string of the molecule is CCCc1ncn2[nH]c(=O)nc2c1Cc1ccc(-c2ccccc2)c(-c2nnn[nH]2)c1. The zero-order valence-corrected chi connectivity index (χ0v) is 16.9. The maximum Gasteiger partial charge on any atom is 0.362 e. The van der Waals surface area contributed by atoms with E-state index in [4.69, 9.17) is 0 Å². The standard InChI is InChI=1S/C22H20N8O/c1-2-6-19-18(21-24-22(31)27-30(21)13-23-19)12-14-9-10-16(15-7-4-3-5-8-15)17(11-14)20-25-28-29-26-20/h3-5,7-11,13H,2,6,12H2,1H3,(H,27,31)(H,25,26,28,29). The predicted octanol–water partition coefficient (Wildman–Crippen LogP) is 2.81. The van der Waals surface area contributed by atoms with E-state index >= 15 is 0 Å². The van der Waals surface area contributed by atoms with Gasteiger partial charge >= 0.3 is 5.69 Å². The molecule has 0 aliphatic carbocycles. The van der Waals surface area contributed by atoms with Crippen LogP contribution in [0.2, 0.25) is 0 Å². The fourth-order valence-corrected chi connectivity index (χ4v) is 3.84. The lowest BCUT2D eigenvalue weighted by atomic mass is 9.94. The minimum atomic E-state index is -0.385. The molecule has 0 radical (unpaired) electrons. The molecule has 31 heavy (non-hydrogen) atoms. The van der Waals surface area contributed by atoms with Crippen LogP contribution in [-0.4, -0.2) is 40.2 Å². The van der Waals surface area contributed by atoms with Crippen LogP contribution in [0.5, 0.6) is 0 Å². The topological polar surface area (TPSA) is 118 Å². The van der Waals surface area contributed by atoms with Crippen LogP contribution < -0.4 is 5.69 Å². The van der Waals surface area contributed by atoms with Crippen LogP contribution in [0.25, 0.3) is 28.2 Å². The van der Waals surface area contributed by atoms with E-state index in [1.54, 1.807) is 10.8 Å². The minimum Gasteiger partial charge on any atom is -0.244 e. The molecule has 0 saturated carbocycles. The molecule has 3 aromatic heterocycles. The summed E-state index contributed by atoms with van der Waals surface area (Å²) < 4.78 is 1.58. The largest absolute Gasteiger partial charge is 0.362 e. The summed E-state index contributed by atoms with van der Waals surface area (Å²) in [4.78, 5) is 20.6. The smallest absolute Gasteiger partial charge is 0.244 e. The van der Waals surface area contributed by atoms with Gasteiger partial charge < -0.3 is 0 Å². The van der Waals surface area contributed by atoms with Crippen molar-refractivity contribution in [1.29, 1.82) is 0 Å². The summed E-state index contributed by atoms with van der Waals surface area (Å²) in [6, 6.07) is 16.3. The summed E-state index contributed by atoms with van der Waals surface area (Å²) in [5.74, 6) is 0.599. The van der Waals surface area contributed by atoms with Gasteiger partial charge in [0.25, 0.3) is 0 Å². The maximum absolute atomic E-state index is 11.8. The van der Waals surface area contributed by atoms with Gasteiger partial charge in [0.1, 0.15) is 6.33 Å². The molecule has 9 nitrogen and oxygen atoms in total. The fourth-order valence-electron chi connectivity index (χ4n) is 3.84. The van der Waals surface area contributed by atoms with Crippen molar-refractivity contribution < 1.29 is 0 Å². The van der Waals surface area contributed by atoms with E-state index in [1.807, 2.05) is 18.2 Å². The third-order valence-electron chi connectivity index (χ3n) is 5.24. The third-order valence-corrected chi connectivity index (χ3v) is 5.24. The van der Waals surface area contributed by atoms with Crippen molar-refractivity contribution in [2.45, 2.75) is 26.2 Å². The van der Waals surface area contributed by atoms with Crippen LogP contribution >= 0.6 is 0 Å². The molecule has 0 aliphatic heterocycles. The highest BCUT2D eigenvalue weighted by Gasteiger charge is 2.16. The van der Waals surface area contributed by atoms with Crippen molar-refractivity contribution >= 4 is 5.65 Å². The fraction of sp³-hybridized carbons (Fsp3) is 0.182. The zero-order valence-electron chi connectivity index (χ0n) is 16.9. The van der Waals surface area contributed by atoms with Gasteiger partial charge in [-0.2, -0.15) is 4.98 Å². The van der Waals surface area contributed by atoms with Crippen LogP contribution in [0.4, 0.5) is 0 Å². The molecule has 5 aromatic rings. The van der Waals surface area contributed by atoms with Crippen LogP contribution in [0.1, 0.15) is 30.2 Å². The second-order valence-corrected chi connectivity index (χ2v) is 7.31. The van der Waals surface area contributed by atoms with Crippen molar-refractivity contribution in [3.63, 3.8) is 0 Å². The molecule has 154 valence electrons. The normalized spacial score (nSPS) is 11.3. The molecule has 9 heteroatoms. The Kier molecular flexibility index (Phi) is 4.83. The number of hydrogen-bond acceptors (Lipinski definition) is 6. The van der Waals surface area contributed by atoms with Gasteiger partial charge in [0, 0.05) is 23.2 Å². The third kappa shape index (κ3) is 3.61. The first-order valence-electron chi connectivity index (χ1n) is 10.1. The van der Waals surface area contributed by atoms with E-state index in [-0.39, 0.29) is 5.69 Å². The number of aromatic nitrogens is 8. The number of benzene rings is 2. The monoisotopic (exact) mass is 412 g/mol. The average Bonchev–Trinajstić information content (AvgIpc) is 3.45. The number of tetrazole rings is 1. The second-order valence-electron chi connectivity index (χ2n) is 7.31. The van der Waals surface area contributed by atoms with E-state index in [9.17, 15) is 4.79 Å². The molecule has 5 rings (SSSR count). The van der Waals surface area contributed by atoms with Crippen molar-refractivity contribution in [3.05, 3.63) is 82.2 Å². The summed E-state index contributed by atoms with van der Waals surface area (Å²) in [5, 5.41) is 17.2. The first-order chi connectivity index (χ1) is 15.2. The van der Waals surface area contributed by atoms with Gasteiger partial charge in [0.05, 0.1) is 0 Å². The lowest BCUT2D eigenvalue weighted by Crippen LogP contribution is -2.05. The van der Waals surface area contributed by atoms with Crippen molar-refractivity contribution in [2.75, 3.05) is 0 Å². The Balaban J connectivity index is 1.63. The average molecular weight is 412 g/mol. The Labute approximate surface area is 177 Å². The number of nitrogens with one attached hydrogen (secondary N) is 2. The van der Waals surface area contributed by atoms with E-state index in [0.29, 0.717) is 17.9 Å². The molecule has 3 heterocycles. The first kappa shape index (κ1) is 18.9. The van der Waals surface area contributed by atoms with Crippen LogP contribution in [0, 0.1) is 0 Å². The van der Waals surface area contributed by atoms with Crippen molar-refractivity contribution in [2.24, 2.45) is 0 Å². The highest BCUT2D eigenvalue weighted by Crippen LogP contribution is 2.31. The Hall–Kier alpha value is -4.14. The second kappa shape index (κ2) is 7.94. The Morgan fingerprint density at radius 1 is 1.06 bits per heavy atom. The number of fused-ring (bicyclic) bond motifs is 1. The quantitative estimate of drug-likeness (QED) is 0.443. The number of hydrogen-bond donors (Lipinski definition) is 2. The molecule has 0 bridgehead atoms. The molecule has 0 saturated heterocycles. The highest BCUT2D eigenvalue weighted by molar-refractivity contribution is 5.81. The summed E-state index contributed by atoms with van der Waals surface area (Å²) in [6.45, 7) is 2.11. The Morgan fingerprint density at radius 2 is 1.94 bits per heavy atom. The molecule has 2 aromatic carbocycles. The molecule has 0 atom stereocenters. The molecule has 0 amide bonds. The van der Waals surface area contributed by atoms with Crippen LogP contribution in [0.15, 0.2) is 59.7 Å². The lowest BCUT2D eigenvalue weighted by molar-refractivity contribution is 0.819. The summed E-state index contributed by atoms with van der Waals surface area (Å²) in [6.07, 6.45) is 3.96. The number of rotatable bonds is 6. The Bertz CT molecular complexity index is 1390. The molecule has 0 spiro atoms. The Morgan fingerprint density at radius 3 is 2.71 bits per heavy atom. The highest BCUT2D eigenvalue weighted by atomic mass is 16.1. The maximum atomic E-state index is 11.8. The van der Waals surface area contributed by atoms with Gasteiger partial charge in [-0.1, -0.05) is 55.8 Å². The van der Waals surface area contributed by atoms with Crippen LogP contribution in [-0.2, 0) is 12.8 Å². The van der Waals surface area contributed by atoms with E-state index in [0.717, 1.165) is 46.4 Å². The molecule has 0 unspecified atom stereocenters. The summed E-state index contributed by atoms with van der Waals surface area (Å²) in [7, 11) is 0. The van der Waals surface area contributed by atoms with Gasteiger partial charge in [-0.05, 0) is 39.6 Å². The summed E-state index contributed by atoms with van der Waals surface area (Å²) in [5.41, 5.74) is 6.18. The van der Waals surface area contributed by atoms with Crippen molar-refractivity contribution in [3.8, 4) is 22.5 Å². The molecule has 0 fully saturated rings. The summed E-state index contributed by atoms with van der Waals surface area (Å²) >= 11 is 0. The van der Waals surface area contributed by atoms with Gasteiger partial charge in [-0.25, -0.2) is 24.5 Å². The molecular formula is C22H20N8O. The number of H-pyrrole nitrogens is 2. The van der Waals surface area contributed by atoms with E-state index in [2.05, 4.69) is 72.9 Å². The molecular weight excluding hydrogens is 392 g/mol. The van der Waals surface area contributed by atoms with Gasteiger partial charge in [0.2, 0.25) is 0 Å². The lowest BCUT2D eigenvalue weighted by Gasteiger charge is -2.12. The van der Waals surface area contributed by atoms with E-state index < -0.39 is 0 Å². The van der Waals surface area contributed by atoms with Gasteiger partial charge in [-0.3, -0.25) is 0 Å². The first-order valence-corrected chi connectivity index (χ1v) is 10.1. The van der Waals surface area contributed by atoms with Crippen molar-refractivity contribution in [1.82, 2.24) is 40.2 Å². The van der Waals surface area contributed by atoms with E-state index in [1.165, 1.54) is 0 Å². The predicted molar refractivity (Wildman–Crippen MR) is 115 cm³/mol.